The quantitative estimate of drug-likeness (QED) is 0.844. The molecule has 0 bridgehead atoms. The number of aliphatic imine (C=N–C) groups is 1. The molecule has 6 heteroatoms. The number of amidine groups is 1. The SMILES string of the molecule is CC1=[N+](CC(=O)NCc2ccco2)C(=O)C2C=CC=CC2=N1. The van der Waals surface area contributed by atoms with Crippen LogP contribution in [0.25, 0.3) is 0 Å². The monoisotopic (exact) mass is 298 g/mol. The van der Waals surface area contributed by atoms with Crippen LogP contribution < -0.4 is 5.32 Å². The number of hydrogen-bond acceptors (Lipinski definition) is 4. The van der Waals surface area contributed by atoms with Gasteiger partial charge >= 0.3 is 5.91 Å². The van der Waals surface area contributed by atoms with Crippen LogP contribution in [0.1, 0.15) is 12.7 Å². The highest BCUT2D eigenvalue weighted by Crippen LogP contribution is 2.16. The van der Waals surface area contributed by atoms with Crippen LogP contribution in [0.3, 0.4) is 0 Å². The fourth-order valence-electron chi connectivity index (χ4n) is 2.41. The van der Waals surface area contributed by atoms with Gasteiger partial charge in [0.25, 0.3) is 11.7 Å². The summed E-state index contributed by atoms with van der Waals surface area (Å²) in [5, 5.41) is 2.73. The average molecular weight is 298 g/mol. The first kappa shape index (κ1) is 14.2. The van der Waals surface area contributed by atoms with Crippen molar-refractivity contribution in [3.05, 3.63) is 48.5 Å². The van der Waals surface area contributed by atoms with Gasteiger partial charge in [0.15, 0.2) is 12.3 Å². The van der Waals surface area contributed by atoms with E-state index in [-0.39, 0.29) is 18.4 Å². The van der Waals surface area contributed by atoms with E-state index in [1.807, 2.05) is 18.2 Å². The molecule has 2 aliphatic rings. The molecular weight excluding hydrogens is 282 g/mol. The van der Waals surface area contributed by atoms with Crippen molar-refractivity contribution >= 4 is 23.4 Å². The lowest BCUT2D eigenvalue weighted by atomic mass is 9.96. The zero-order valence-corrected chi connectivity index (χ0v) is 12.2. The minimum absolute atomic E-state index is 0.0454. The number of furan rings is 1. The zero-order valence-electron chi connectivity index (χ0n) is 12.2. The number of carbonyl (C=O) groups excluding carboxylic acids is 2. The summed E-state index contributed by atoms with van der Waals surface area (Å²) in [7, 11) is 0. The van der Waals surface area contributed by atoms with Crippen LogP contribution in [0.5, 0.6) is 0 Å². The van der Waals surface area contributed by atoms with Crippen molar-refractivity contribution in [3.63, 3.8) is 0 Å². The molecule has 112 valence electrons. The van der Waals surface area contributed by atoms with E-state index in [1.54, 1.807) is 31.4 Å². The van der Waals surface area contributed by atoms with E-state index in [1.165, 1.54) is 4.58 Å². The van der Waals surface area contributed by atoms with Gasteiger partial charge in [0.2, 0.25) is 0 Å². The lowest BCUT2D eigenvalue weighted by Crippen LogP contribution is -2.44. The van der Waals surface area contributed by atoms with Gasteiger partial charge in [0.1, 0.15) is 11.7 Å². The van der Waals surface area contributed by atoms with Crippen molar-refractivity contribution in [1.29, 1.82) is 0 Å². The van der Waals surface area contributed by atoms with Crippen LogP contribution in [0.4, 0.5) is 0 Å². The molecule has 1 N–H and O–H groups in total. The number of fused-ring (bicyclic) bond motifs is 1. The van der Waals surface area contributed by atoms with Crippen molar-refractivity contribution in [1.82, 2.24) is 5.32 Å². The molecule has 0 fully saturated rings. The smallest absolute Gasteiger partial charge is 0.325 e. The maximum absolute atomic E-state index is 12.5. The Morgan fingerprint density at radius 2 is 2.32 bits per heavy atom. The summed E-state index contributed by atoms with van der Waals surface area (Å²) in [6.45, 7) is 1.98. The number of hydrogen-bond donors (Lipinski definition) is 1. The molecule has 2 heterocycles. The molecule has 2 amide bonds. The van der Waals surface area contributed by atoms with Crippen LogP contribution in [-0.4, -0.2) is 34.5 Å². The molecule has 0 saturated heterocycles. The molecule has 0 saturated carbocycles. The van der Waals surface area contributed by atoms with Crippen molar-refractivity contribution in [2.45, 2.75) is 13.5 Å². The van der Waals surface area contributed by atoms with Crippen molar-refractivity contribution < 1.29 is 18.6 Å². The van der Waals surface area contributed by atoms with E-state index in [0.717, 1.165) is 5.71 Å². The molecule has 1 aliphatic heterocycles. The number of nitrogens with zero attached hydrogens (tertiary/aromatic N) is 2. The number of carbonyl (C=O) groups is 2. The molecule has 1 aromatic rings. The highest BCUT2D eigenvalue weighted by molar-refractivity contribution is 6.17. The lowest BCUT2D eigenvalue weighted by molar-refractivity contribution is -0.442. The number of rotatable bonds is 4. The Morgan fingerprint density at radius 3 is 3.09 bits per heavy atom. The molecule has 0 aromatic carbocycles. The predicted molar refractivity (Wildman–Crippen MR) is 80.6 cm³/mol. The molecule has 1 atom stereocenters. The normalized spacial score (nSPS) is 20.0. The molecule has 6 nitrogen and oxygen atoms in total. The van der Waals surface area contributed by atoms with E-state index in [9.17, 15) is 9.59 Å². The van der Waals surface area contributed by atoms with Crippen LogP contribution >= 0.6 is 0 Å². The second-order valence-corrected chi connectivity index (χ2v) is 5.09. The van der Waals surface area contributed by atoms with E-state index in [2.05, 4.69) is 10.3 Å². The van der Waals surface area contributed by atoms with Gasteiger partial charge in [0, 0.05) is 6.92 Å². The highest BCUT2D eigenvalue weighted by Gasteiger charge is 2.37. The predicted octanol–water partition coefficient (Wildman–Crippen LogP) is 1.05. The van der Waals surface area contributed by atoms with Crippen LogP contribution in [0.15, 0.2) is 52.1 Å². The molecule has 1 aliphatic carbocycles. The third-order valence-corrected chi connectivity index (χ3v) is 3.56. The lowest BCUT2D eigenvalue weighted by Gasteiger charge is -2.16. The standard InChI is InChI=1S/C16H15N3O3/c1-11-18-14-7-3-2-6-13(14)16(21)19(11)10-15(20)17-9-12-5-4-8-22-12/h2-8,13H,9-10H2,1H3/p+1. The van der Waals surface area contributed by atoms with E-state index >= 15 is 0 Å². The third kappa shape index (κ3) is 2.81. The van der Waals surface area contributed by atoms with Gasteiger partial charge in [-0.1, -0.05) is 18.2 Å². The highest BCUT2D eigenvalue weighted by atomic mass is 16.3. The maximum atomic E-state index is 12.5. The Hall–Kier alpha value is -2.76. The van der Waals surface area contributed by atoms with E-state index in [4.69, 9.17) is 4.42 Å². The second-order valence-electron chi connectivity index (χ2n) is 5.09. The topological polar surface area (TPSA) is 74.7 Å². The Kier molecular flexibility index (Phi) is 3.82. The third-order valence-electron chi connectivity index (χ3n) is 3.56. The summed E-state index contributed by atoms with van der Waals surface area (Å²) in [4.78, 5) is 28.9. The van der Waals surface area contributed by atoms with Gasteiger partial charge in [-0.3, -0.25) is 4.79 Å². The summed E-state index contributed by atoms with van der Waals surface area (Å²) >= 11 is 0. The van der Waals surface area contributed by atoms with E-state index < -0.39 is 5.92 Å². The molecule has 0 radical (unpaired) electrons. The first-order chi connectivity index (χ1) is 10.6. The number of amides is 2. The molecule has 1 unspecified atom stereocenters. The summed E-state index contributed by atoms with van der Waals surface area (Å²) in [5.74, 6) is 0.421. The molecule has 3 rings (SSSR count). The van der Waals surface area contributed by atoms with Crippen LogP contribution in [0.2, 0.25) is 0 Å². The maximum Gasteiger partial charge on any atom is 0.325 e. The first-order valence-corrected chi connectivity index (χ1v) is 7.02. The van der Waals surface area contributed by atoms with Crippen molar-refractivity contribution in [2.75, 3.05) is 6.54 Å². The fourth-order valence-corrected chi connectivity index (χ4v) is 2.41. The number of allylic oxidation sites excluding steroid dienone is 3. The summed E-state index contributed by atoms with van der Waals surface area (Å²) in [5.41, 5.74) is 0.720. The minimum Gasteiger partial charge on any atom is -0.467 e. The van der Waals surface area contributed by atoms with Gasteiger partial charge in [-0.25, -0.2) is 4.79 Å². The summed E-state index contributed by atoms with van der Waals surface area (Å²) < 4.78 is 6.56. The first-order valence-electron chi connectivity index (χ1n) is 7.02. The Labute approximate surface area is 127 Å². The fraction of sp³-hybridized carbons (Fsp3) is 0.250. The van der Waals surface area contributed by atoms with Gasteiger partial charge in [-0.2, -0.15) is 4.58 Å². The van der Waals surface area contributed by atoms with E-state index in [0.29, 0.717) is 18.1 Å². The molecular formula is C16H16N3O3+. The van der Waals surface area contributed by atoms with Gasteiger partial charge in [-0.05, 0) is 23.2 Å². The van der Waals surface area contributed by atoms with Crippen molar-refractivity contribution in [2.24, 2.45) is 10.9 Å². The zero-order chi connectivity index (χ0) is 15.5. The Bertz CT molecular complexity index is 724. The van der Waals surface area contributed by atoms with Gasteiger partial charge < -0.3 is 9.73 Å². The van der Waals surface area contributed by atoms with Gasteiger partial charge in [-0.15, -0.1) is 0 Å². The summed E-state index contributed by atoms with van der Waals surface area (Å²) in [6.07, 6.45) is 8.83. The Morgan fingerprint density at radius 1 is 1.45 bits per heavy atom. The number of nitrogens with one attached hydrogen (secondary N) is 1. The summed E-state index contributed by atoms with van der Waals surface area (Å²) in [6, 6.07) is 3.53. The minimum atomic E-state index is -0.397. The van der Waals surface area contributed by atoms with Crippen LogP contribution in [-0.2, 0) is 16.1 Å². The largest absolute Gasteiger partial charge is 0.467 e. The Balaban J connectivity index is 1.69. The van der Waals surface area contributed by atoms with Crippen molar-refractivity contribution in [3.8, 4) is 0 Å². The van der Waals surface area contributed by atoms with Crippen LogP contribution in [0, 0.1) is 5.92 Å². The second kappa shape index (κ2) is 5.93. The van der Waals surface area contributed by atoms with Gasteiger partial charge in [0.05, 0.1) is 12.8 Å². The molecule has 0 spiro atoms. The molecule has 22 heavy (non-hydrogen) atoms. The average Bonchev–Trinajstić information content (AvgIpc) is 3.03. The molecule has 1 aromatic heterocycles.